The molecule has 6 heteroatoms. The van der Waals surface area contributed by atoms with Crippen molar-refractivity contribution in [1.29, 1.82) is 0 Å². The third kappa shape index (κ3) is 5.18. The van der Waals surface area contributed by atoms with Gasteiger partial charge in [0.2, 0.25) is 15.9 Å². The van der Waals surface area contributed by atoms with E-state index >= 15 is 0 Å². The van der Waals surface area contributed by atoms with Gasteiger partial charge in [0.1, 0.15) is 5.76 Å². The fraction of sp³-hybridized carbons (Fsp3) is 0.471. The van der Waals surface area contributed by atoms with Crippen LogP contribution < -0.4 is 4.72 Å². The Balaban J connectivity index is 1.95. The number of aromatic nitrogens is 1. The molecule has 126 valence electrons. The Morgan fingerprint density at radius 2 is 1.87 bits per heavy atom. The molecule has 0 amide bonds. The molecule has 1 heterocycles. The lowest BCUT2D eigenvalue weighted by atomic mass is 9.94. The Bertz CT molecular complexity index is 731. The van der Waals surface area contributed by atoms with Crippen molar-refractivity contribution in [3.8, 4) is 0 Å². The molecule has 1 atom stereocenters. The molecule has 5 nitrogen and oxygen atoms in total. The summed E-state index contributed by atoms with van der Waals surface area (Å²) in [5.74, 6) is 1.07. The highest BCUT2D eigenvalue weighted by atomic mass is 32.2. The van der Waals surface area contributed by atoms with Crippen LogP contribution in [0.1, 0.15) is 50.8 Å². The number of hydrogen-bond acceptors (Lipinski definition) is 4. The number of benzene rings is 1. The molecule has 2 rings (SSSR count). The van der Waals surface area contributed by atoms with Crippen molar-refractivity contribution in [3.05, 3.63) is 53.7 Å². The van der Waals surface area contributed by atoms with Crippen molar-refractivity contribution in [2.75, 3.05) is 5.75 Å². The van der Waals surface area contributed by atoms with Crippen LogP contribution in [0.15, 0.2) is 40.9 Å². The van der Waals surface area contributed by atoms with Gasteiger partial charge in [0.25, 0.3) is 0 Å². The Labute approximate surface area is 138 Å². The third-order valence-electron chi connectivity index (χ3n) is 3.57. The third-order valence-corrected chi connectivity index (χ3v) is 5.10. The molecule has 0 spiro atoms. The maximum absolute atomic E-state index is 12.2. The Kier molecular flexibility index (Phi) is 5.26. The fourth-order valence-electron chi connectivity index (χ4n) is 2.18. The molecule has 0 bridgehead atoms. The molecule has 1 aromatic carbocycles. The van der Waals surface area contributed by atoms with E-state index in [9.17, 15) is 8.42 Å². The second kappa shape index (κ2) is 6.84. The number of nitrogens with one attached hydrogen (secondary N) is 1. The van der Waals surface area contributed by atoms with Gasteiger partial charge in [-0.05, 0) is 11.5 Å². The molecule has 0 aliphatic carbocycles. The summed E-state index contributed by atoms with van der Waals surface area (Å²) < 4.78 is 32.6. The maximum Gasteiger partial charge on any atom is 0.212 e. The number of rotatable bonds is 6. The van der Waals surface area contributed by atoms with E-state index in [2.05, 4.69) is 9.71 Å². The average Bonchev–Trinajstić information content (AvgIpc) is 2.95. The van der Waals surface area contributed by atoms with Crippen LogP contribution in [-0.2, 0) is 22.0 Å². The summed E-state index contributed by atoms with van der Waals surface area (Å²) in [4.78, 5) is 4.13. The zero-order valence-electron chi connectivity index (χ0n) is 14.0. The fourth-order valence-corrected chi connectivity index (χ4v) is 3.49. The number of oxazole rings is 1. The van der Waals surface area contributed by atoms with Gasteiger partial charge < -0.3 is 4.42 Å². The summed E-state index contributed by atoms with van der Waals surface area (Å²) in [6, 6.07) is 9.60. The van der Waals surface area contributed by atoms with Crippen molar-refractivity contribution in [2.45, 2.75) is 45.6 Å². The van der Waals surface area contributed by atoms with Crippen molar-refractivity contribution in [3.63, 3.8) is 0 Å². The van der Waals surface area contributed by atoms with Gasteiger partial charge in [-0.2, -0.15) is 0 Å². The van der Waals surface area contributed by atoms with Gasteiger partial charge in [-0.25, -0.2) is 18.1 Å². The molecule has 1 aromatic heterocycles. The Hall–Kier alpha value is -1.66. The van der Waals surface area contributed by atoms with Gasteiger partial charge in [-0.15, -0.1) is 0 Å². The molecule has 0 saturated heterocycles. The molecule has 0 fully saturated rings. The van der Waals surface area contributed by atoms with Crippen LogP contribution in [0, 0.1) is 0 Å². The van der Waals surface area contributed by atoms with Crippen LogP contribution in [0.3, 0.4) is 0 Å². The molecule has 23 heavy (non-hydrogen) atoms. The van der Waals surface area contributed by atoms with E-state index < -0.39 is 10.0 Å². The SMILES string of the molecule is C[C@@H](CS(=O)(=O)NCc1ncc(C(C)(C)C)o1)c1ccccc1. The number of hydrogen-bond donors (Lipinski definition) is 1. The summed E-state index contributed by atoms with van der Waals surface area (Å²) in [5.41, 5.74) is 0.857. The summed E-state index contributed by atoms with van der Waals surface area (Å²) in [5, 5.41) is 0. The minimum atomic E-state index is -3.40. The van der Waals surface area contributed by atoms with Crippen molar-refractivity contribution < 1.29 is 12.8 Å². The maximum atomic E-state index is 12.2. The summed E-state index contributed by atoms with van der Waals surface area (Å²) in [7, 11) is -3.40. The first kappa shape index (κ1) is 17.7. The van der Waals surface area contributed by atoms with E-state index in [0.717, 1.165) is 11.3 Å². The molecule has 2 aromatic rings. The van der Waals surface area contributed by atoms with Crippen LogP contribution in [0.4, 0.5) is 0 Å². The van der Waals surface area contributed by atoms with Crippen molar-refractivity contribution in [2.24, 2.45) is 0 Å². The van der Waals surface area contributed by atoms with Crippen LogP contribution in [-0.4, -0.2) is 19.2 Å². The highest BCUT2D eigenvalue weighted by Crippen LogP contribution is 2.22. The van der Waals surface area contributed by atoms with E-state index in [0.29, 0.717) is 5.89 Å². The predicted octanol–water partition coefficient (Wildman–Crippen LogP) is 3.20. The van der Waals surface area contributed by atoms with Crippen molar-refractivity contribution >= 4 is 10.0 Å². The first-order valence-corrected chi connectivity index (χ1v) is 9.30. The van der Waals surface area contributed by atoms with Gasteiger partial charge in [-0.3, -0.25) is 0 Å². The topological polar surface area (TPSA) is 72.2 Å². The van der Waals surface area contributed by atoms with E-state index in [1.165, 1.54) is 0 Å². The molecular weight excluding hydrogens is 312 g/mol. The quantitative estimate of drug-likeness (QED) is 0.879. The Morgan fingerprint density at radius 3 is 2.43 bits per heavy atom. The lowest BCUT2D eigenvalue weighted by Crippen LogP contribution is -2.28. The standard InChI is InChI=1S/C17H24N2O3S/c1-13(14-8-6-5-7-9-14)12-23(20,21)19-11-16-18-10-15(22-16)17(2,3)4/h5-10,13,19H,11-12H2,1-4H3/t13-/m0/s1. The Morgan fingerprint density at radius 1 is 1.22 bits per heavy atom. The molecule has 0 aliphatic heterocycles. The zero-order valence-corrected chi connectivity index (χ0v) is 14.9. The van der Waals surface area contributed by atoms with E-state index in [4.69, 9.17) is 4.42 Å². The van der Waals surface area contributed by atoms with Gasteiger partial charge in [0.15, 0.2) is 0 Å². The summed E-state index contributed by atoms with van der Waals surface area (Å²) >= 11 is 0. The lowest BCUT2D eigenvalue weighted by molar-refractivity contribution is 0.380. The van der Waals surface area contributed by atoms with E-state index in [1.807, 2.05) is 58.0 Å². The first-order valence-electron chi connectivity index (χ1n) is 7.65. The molecule has 0 unspecified atom stereocenters. The minimum Gasteiger partial charge on any atom is -0.444 e. The first-order chi connectivity index (χ1) is 10.7. The average molecular weight is 336 g/mol. The zero-order chi connectivity index (χ0) is 17.1. The van der Waals surface area contributed by atoms with E-state index in [-0.39, 0.29) is 23.6 Å². The predicted molar refractivity (Wildman–Crippen MR) is 90.7 cm³/mol. The monoisotopic (exact) mass is 336 g/mol. The van der Waals surface area contributed by atoms with Gasteiger partial charge in [0.05, 0.1) is 18.5 Å². The lowest BCUT2D eigenvalue weighted by Gasteiger charge is -2.13. The molecule has 1 N–H and O–H groups in total. The second-order valence-corrected chi connectivity index (χ2v) is 8.63. The summed E-state index contributed by atoms with van der Waals surface area (Å²) in [6.45, 7) is 8.02. The molecular formula is C17H24N2O3S. The normalized spacial score (nSPS) is 13.9. The van der Waals surface area contributed by atoms with Crippen LogP contribution in [0.5, 0.6) is 0 Å². The van der Waals surface area contributed by atoms with Crippen LogP contribution >= 0.6 is 0 Å². The van der Waals surface area contributed by atoms with E-state index in [1.54, 1.807) is 6.20 Å². The second-order valence-electron chi connectivity index (χ2n) is 6.78. The highest BCUT2D eigenvalue weighted by molar-refractivity contribution is 7.89. The largest absolute Gasteiger partial charge is 0.444 e. The number of nitrogens with zero attached hydrogens (tertiary/aromatic N) is 1. The van der Waals surface area contributed by atoms with Crippen LogP contribution in [0.25, 0.3) is 0 Å². The molecule has 0 aliphatic rings. The van der Waals surface area contributed by atoms with Gasteiger partial charge in [0, 0.05) is 5.41 Å². The molecule has 0 saturated carbocycles. The van der Waals surface area contributed by atoms with Crippen molar-refractivity contribution in [1.82, 2.24) is 9.71 Å². The van der Waals surface area contributed by atoms with Crippen LogP contribution in [0.2, 0.25) is 0 Å². The highest BCUT2D eigenvalue weighted by Gasteiger charge is 2.21. The minimum absolute atomic E-state index is 0.0316. The smallest absolute Gasteiger partial charge is 0.212 e. The summed E-state index contributed by atoms with van der Waals surface area (Å²) in [6.07, 6.45) is 1.65. The number of sulfonamides is 1. The molecule has 0 radical (unpaired) electrons. The van der Waals surface area contributed by atoms with Gasteiger partial charge >= 0.3 is 0 Å². The van der Waals surface area contributed by atoms with Gasteiger partial charge in [-0.1, -0.05) is 58.0 Å².